The van der Waals surface area contributed by atoms with Crippen LogP contribution in [-0.2, 0) is 0 Å². The van der Waals surface area contributed by atoms with Gasteiger partial charge in [0.05, 0.1) is 6.61 Å². The summed E-state index contributed by atoms with van der Waals surface area (Å²) in [6.07, 6.45) is 17.4. The highest BCUT2D eigenvalue weighted by molar-refractivity contribution is 5.67. The van der Waals surface area contributed by atoms with Crippen LogP contribution in [-0.4, -0.2) is 6.61 Å². The van der Waals surface area contributed by atoms with Gasteiger partial charge in [0.15, 0.2) is 11.6 Å². The lowest BCUT2D eigenvalue weighted by Crippen LogP contribution is -2.23. The molecular formula is C25H34F2O. The van der Waals surface area contributed by atoms with Gasteiger partial charge in [-0.2, -0.15) is 4.39 Å². The average Bonchev–Trinajstić information content (AvgIpc) is 2.73. The summed E-state index contributed by atoms with van der Waals surface area (Å²) >= 11 is 0. The van der Waals surface area contributed by atoms with Gasteiger partial charge in [0, 0.05) is 5.56 Å². The molecule has 0 N–H and O–H groups in total. The standard InChI is InChI=1S/C25H34F2O/c1-3-5-6-7-18-8-10-19(11-9-18)20-12-14-21(15-13-20)22-16-17-23(28-4-2)25(27)24(22)26/h3,5,14,16-20H,4,6-13,15H2,1-2H3/b5-3+. The van der Waals surface area contributed by atoms with E-state index in [9.17, 15) is 8.78 Å². The van der Waals surface area contributed by atoms with Gasteiger partial charge in [-0.25, -0.2) is 4.39 Å². The van der Waals surface area contributed by atoms with Gasteiger partial charge in [0.1, 0.15) is 0 Å². The first-order valence-electron chi connectivity index (χ1n) is 11.0. The Labute approximate surface area is 168 Å². The first kappa shape index (κ1) is 21.1. The summed E-state index contributed by atoms with van der Waals surface area (Å²) in [6.45, 7) is 4.19. The van der Waals surface area contributed by atoms with E-state index in [0.717, 1.165) is 36.7 Å². The number of halogens is 2. The monoisotopic (exact) mass is 388 g/mol. The zero-order valence-electron chi connectivity index (χ0n) is 17.4. The maximum Gasteiger partial charge on any atom is 0.201 e. The van der Waals surface area contributed by atoms with Gasteiger partial charge in [-0.05, 0) is 94.3 Å². The third-order valence-corrected chi connectivity index (χ3v) is 6.68. The summed E-state index contributed by atoms with van der Waals surface area (Å²) in [6, 6.07) is 3.23. The van der Waals surface area contributed by atoms with Crippen molar-refractivity contribution in [2.45, 2.75) is 71.6 Å². The van der Waals surface area contributed by atoms with Gasteiger partial charge in [0.25, 0.3) is 0 Å². The first-order valence-corrected chi connectivity index (χ1v) is 11.0. The van der Waals surface area contributed by atoms with Crippen molar-refractivity contribution in [2.24, 2.45) is 17.8 Å². The topological polar surface area (TPSA) is 9.23 Å². The molecule has 1 unspecified atom stereocenters. The molecule has 28 heavy (non-hydrogen) atoms. The fraction of sp³-hybridized carbons (Fsp3) is 0.600. The lowest BCUT2D eigenvalue weighted by molar-refractivity contribution is 0.190. The maximum atomic E-state index is 14.5. The largest absolute Gasteiger partial charge is 0.491 e. The summed E-state index contributed by atoms with van der Waals surface area (Å²) in [5, 5.41) is 0. The Bertz CT molecular complexity index is 699. The number of allylic oxidation sites excluding steroid dienone is 4. The summed E-state index contributed by atoms with van der Waals surface area (Å²) in [5.41, 5.74) is 1.36. The van der Waals surface area contributed by atoms with Crippen molar-refractivity contribution in [3.05, 3.63) is 47.6 Å². The number of ether oxygens (including phenoxy) is 1. The van der Waals surface area contributed by atoms with Crippen LogP contribution >= 0.6 is 0 Å². The SMILES string of the molecule is C/C=C/CCC1CCC(C2CC=C(c3ccc(OCC)c(F)c3F)CC2)CC1. The van der Waals surface area contributed by atoms with Crippen LogP contribution in [0.15, 0.2) is 30.4 Å². The molecule has 1 atom stereocenters. The van der Waals surface area contributed by atoms with Crippen molar-refractivity contribution in [3.63, 3.8) is 0 Å². The molecule has 3 rings (SSSR count). The van der Waals surface area contributed by atoms with Gasteiger partial charge in [-0.15, -0.1) is 0 Å². The van der Waals surface area contributed by atoms with Crippen LogP contribution in [0.5, 0.6) is 5.75 Å². The maximum absolute atomic E-state index is 14.5. The minimum absolute atomic E-state index is 0.00391. The van der Waals surface area contributed by atoms with Crippen molar-refractivity contribution >= 4 is 5.57 Å². The molecule has 0 heterocycles. The Kier molecular flexibility index (Phi) is 7.70. The van der Waals surface area contributed by atoms with Crippen LogP contribution in [0.1, 0.15) is 77.2 Å². The van der Waals surface area contributed by atoms with Gasteiger partial charge < -0.3 is 4.74 Å². The average molecular weight is 389 g/mol. The van der Waals surface area contributed by atoms with Crippen LogP contribution in [0.2, 0.25) is 0 Å². The van der Waals surface area contributed by atoms with Crippen LogP contribution in [0.3, 0.4) is 0 Å². The minimum atomic E-state index is -0.862. The molecule has 0 bridgehead atoms. The minimum Gasteiger partial charge on any atom is -0.491 e. The predicted molar refractivity (Wildman–Crippen MR) is 112 cm³/mol. The van der Waals surface area contributed by atoms with Crippen molar-refractivity contribution in [3.8, 4) is 5.75 Å². The van der Waals surface area contributed by atoms with E-state index in [4.69, 9.17) is 4.74 Å². The predicted octanol–water partition coefficient (Wildman–Crippen LogP) is 7.71. The van der Waals surface area contributed by atoms with Gasteiger partial charge >= 0.3 is 0 Å². The number of benzene rings is 1. The van der Waals surface area contributed by atoms with Crippen molar-refractivity contribution in [2.75, 3.05) is 6.61 Å². The molecule has 2 aliphatic rings. The molecular weight excluding hydrogens is 354 g/mol. The number of rotatable bonds is 7. The smallest absolute Gasteiger partial charge is 0.201 e. The molecule has 1 aromatic rings. The molecule has 0 spiro atoms. The normalized spacial score (nSPS) is 25.7. The zero-order valence-corrected chi connectivity index (χ0v) is 17.4. The van der Waals surface area contributed by atoms with E-state index in [1.807, 2.05) is 0 Å². The molecule has 2 aliphatic carbocycles. The highest BCUT2D eigenvalue weighted by atomic mass is 19.2. The molecule has 1 nitrogen and oxygen atoms in total. The Morgan fingerprint density at radius 2 is 1.82 bits per heavy atom. The van der Waals surface area contributed by atoms with Crippen LogP contribution < -0.4 is 4.74 Å². The molecule has 0 aliphatic heterocycles. The second-order valence-corrected chi connectivity index (χ2v) is 8.36. The lowest BCUT2D eigenvalue weighted by atomic mass is 9.70. The molecule has 0 saturated heterocycles. The third-order valence-electron chi connectivity index (χ3n) is 6.68. The van der Waals surface area contributed by atoms with E-state index in [0.29, 0.717) is 18.1 Å². The molecule has 0 amide bonds. The molecule has 0 radical (unpaired) electrons. The van der Waals surface area contributed by atoms with E-state index in [2.05, 4.69) is 25.2 Å². The quantitative estimate of drug-likeness (QED) is 0.435. The van der Waals surface area contributed by atoms with E-state index in [-0.39, 0.29) is 5.75 Å². The Hall–Kier alpha value is -1.64. The summed E-state index contributed by atoms with van der Waals surface area (Å²) in [5.74, 6) is 0.775. The number of hydrogen-bond donors (Lipinski definition) is 0. The fourth-order valence-electron chi connectivity index (χ4n) is 5.02. The van der Waals surface area contributed by atoms with Crippen molar-refractivity contribution < 1.29 is 13.5 Å². The van der Waals surface area contributed by atoms with E-state index in [1.54, 1.807) is 19.1 Å². The highest BCUT2D eigenvalue weighted by Crippen LogP contribution is 2.42. The van der Waals surface area contributed by atoms with E-state index >= 15 is 0 Å². The van der Waals surface area contributed by atoms with Crippen molar-refractivity contribution in [1.29, 1.82) is 0 Å². The summed E-state index contributed by atoms with van der Waals surface area (Å²) < 4.78 is 33.8. The van der Waals surface area contributed by atoms with Crippen LogP contribution in [0.4, 0.5) is 8.78 Å². The van der Waals surface area contributed by atoms with E-state index < -0.39 is 11.6 Å². The van der Waals surface area contributed by atoms with Crippen molar-refractivity contribution in [1.82, 2.24) is 0 Å². The molecule has 1 saturated carbocycles. The van der Waals surface area contributed by atoms with Gasteiger partial charge in [-0.3, -0.25) is 0 Å². The molecule has 154 valence electrons. The Morgan fingerprint density at radius 1 is 1.04 bits per heavy atom. The molecule has 1 fully saturated rings. The van der Waals surface area contributed by atoms with Gasteiger partial charge in [0.2, 0.25) is 5.82 Å². The summed E-state index contributed by atoms with van der Waals surface area (Å²) in [4.78, 5) is 0. The highest BCUT2D eigenvalue weighted by Gasteiger charge is 2.29. The second-order valence-electron chi connectivity index (χ2n) is 8.36. The lowest BCUT2D eigenvalue weighted by Gasteiger charge is -2.35. The molecule has 3 heteroatoms. The fourth-order valence-corrected chi connectivity index (χ4v) is 5.02. The first-order chi connectivity index (χ1) is 13.6. The Balaban J connectivity index is 1.56. The zero-order chi connectivity index (χ0) is 19.9. The second kappa shape index (κ2) is 10.2. The van der Waals surface area contributed by atoms with Crippen LogP contribution in [0.25, 0.3) is 5.57 Å². The van der Waals surface area contributed by atoms with Crippen LogP contribution in [0, 0.1) is 29.4 Å². The molecule has 0 aromatic heterocycles. The van der Waals surface area contributed by atoms with Gasteiger partial charge in [-0.1, -0.05) is 31.1 Å². The van der Waals surface area contributed by atoms with E-state index in [1.165, 1.54) is 38.5 Å². The Morgan fingerprint density at radius 3 is 2.46 bits per heavy atom. The molecule has 1 aromatic carbocycles. The summed E-state index contributed by atoms with van der Waals surface area (Å²) in [7, 11) is 0. The number of hydrogen-bond acceptors (Lipinski definition) is 1. The third kappa shape index (κ3) is 5.04.